The van der Waals surface area contributed by atoms with Crippen molar-refractivity contribution in [3.05, 3.63) is 28.5 Å². The van der Waals surface area contributed by atoms with Crippen molar-refractivity contribution in [2.45, 2.75) is 12.5 Å². The van der Waals surface area contributed by atoms with Crippen molar-refractivity contribution >= 4 is 21.9 Å². The second kappa shape index (κ2) is 3.43. The van der Waals surface area contributed by atoms with Crippen LogP contribution in [0.5, 0.6) is 0 Å². The molecular formula is C8H9BrN2O2. The van der Waals surface area contributed by atoms with E-state index in [4.69, 9.17) is 10.8 Å². The molecule has 0 bridgehead atoms. The van der Waals surface area contributed by atoms with Gasteiger partial charge in [-0.25, -0.2) is 4.79 Å². The standard InChI is InChI=1S/C8H9BrN2O2/c1-8(10,7(12)13)5-2-3-11-4-6(5)9/h2-4H,10H2,1H3,(H,12,13)/t8-/m0/s1. The molecule has 0 radical (unpaired) electrons. The number of carboxylic acids is 1. The fourth-order valence-corrected chi connectivity index (χ4v) is 1.57. The average Bonchev–Trinajstić information content (AvgIpc) is 2.04. The maximum atomic E-state index is 10.8. The van der Waals surface area contributed by atoms with E-state index < -0.39 is 11.5 Å². The Hall–Kier alpha value is -0.940. The van der Waals surface area contributed by atoms with Gasteiger partial charge < -0.3 is 10.8 Å². The summed E-state index contributed by atoms with van der Waals surface area (Å²) in [6.45, 7) is 1.44. The minimum atomic E-state index is -1.39. The largest absolute Gasteiger partial charge is 0.480 e. The first kappa shape index (κ1) is 10.1. The Morgan fingerprint density at radius 1 is 1.77 bits per heavy atom. The van der Waals surface area contributed by atoms with Gasteiger partial charge in [-0.05, 0) is 28.9 Å². The lowest BCUT2D eigenvalue weighted by molar-refractivity contribution is -0.143. The van der Waals surface area contributed by atoms with Gasteiger partial charge in [0.2, 0.25) is 0 Å². The van der Waals surface area contributed by atoms with Crippen LogP contribution in [0.15, 0.2) is 22.9 Å². The number of hydrogen-bond acceptors (Lipinski definition) is 3. The molecule has 13 heavy (non-hydrogen) atoms. The van der Waals surface area contributed by atoms with Crippen LogP contribution >= 0.6 is 15.9 Å². The molecule has 1 aromatic rings. The molecule has 0 aliphatic heterocycles. The second-order valence-corrected chi connectivity index (χ2v) is 3.72. The fraction of sp³-hybridized carbons (Fsp3) is 0.250. The normalized spacial score (nSPS) is 15.0. The highest BCUT2D eigenvalue weighted by atomic mass is 79.9. The molecule has 0 fully saturated rings. The van der Waals surface area contributed by atoms with E-state index in [9.17, 15) is 4.79 Å². The smallest absolute Gasteiger partial charge is 0.328 e. The van der Waals surface area contributed by atoms with Crippen LogP contribution in [0.25, 0.3) is 0 Å². The lowest BCUT2D eigenvalue weighted by Gasteiger charge is -2.20. The Labute approximate surface area is 83.9 Å². The predicted molar refractivity (Wildman–Crippen MR) is 51.1 cm³/mol. The molecule has 1 atom stereocenters. The monoisotopic (exact) mass is 244 g/mol. The molecule has 0 aliphatic rings. The maximum Gasteiger partial charge on any atom is 0.328 e. The van der Waals surface area contributed by atoms with Gasteiger partial charge in [0.05, 0.1) is 0 Å². The van der Waals surface area contributed by atoms with E-state index in [-0.39, 0.29) is 0 Å². The number of pyridine rings is 1. The third-order valence-electron chi connectivity index (χ3n) is 1.78. The van der Waals surface area contributed by atoms with E-state index in [1.165, 1.54) is 19.3 Å². The zero-order chi connectivity index (χ0) is 10.1. The minimum Gasteiger partial charge on any atom is -0.480 e. The number of nitrogens with zero attached hydrogens (tertiary/aromatic N) is 1. The molecular weight excluding hydrogens is 236 g/mol. The summed E-state index contributed by atoms with van der Waals surface area (Å²) in [5, 5.41) is 8.85. The molecule has 0 unspecified atom stereocenters. The van der Waals surface area contributed by atoms with Crippen molar-refractivity contribution < 1.29 is 9.90 Å². The first-order chi connectivity index (χ1) is 5.96. The molecule has 0 amide bonds. The summed E-state index contributed by atoms with van der Waals surface area (Å²) in [6.07, 6.45) is 3.03. The number of rotatable bonds is 2. The molecule has 0 saturated carbocycles. The number of aromatic nitrogens is 1. The predicted octanol–water partition coefficient (Wildman–Crippen LogP) is 1.10. The first-order valence-electron chi connectivity index (χ1n) is 3.58. The Morgan fingerprint density at radius 3 is 2.85 bits per heavy atom. The van der Waals surface area contributed by atoms with E-state index in [0.29, 0.717) is 10.0 Å². The van der Waals surface area contributed by atoms with Crippen molar-refractivity contribution in [2.75, 3.05) is 0 Å². The van der Waals surface area contributed by atoms with Gasteiger partial charge in [-0.3, -0.25) is 4.98 Å². The molecule has 1 rings (SSSR count). The number of halogens is 1. The van der Waals surface area contributed by atoms with Gasteiger partial charge in [0.1, 0.15) is 5.54 Å². The Balaban J connectivity index is 3.22. The quantitative estimate of drug-likeness (QED) is 0.817. The summed E-state index contributed by atoms with van der Waals surface area (Å²) in [5.41, 5.74) is 4.75. The highest BCUT2D eigenvalue weighted by molar-refractivity contribution is 9.10. The summed E-state index contributed by atoms with van der Waals surface area (Å²) in [4.78, 5) is 14.6. The molecule has 1 aromatic heterocycles. The van der Waals surface area contributed by atoms with Crippen molar-refractivity contribution in [2.24, 2.45) is 5.73 Å². The second-order valence-electron chi connectivity index (χ2n) is 2.86. The van der Waals surface area contributed by atoms with Gasteiger partial charge in [0, 0.05) is 22.4 Å². The van der Waals surface area contributed by atoms with Crippen LogP contribution in [0.2, 0.25) is 0 Å². The first-order valence-corrected chi connectivity index (χ1v) is 4.38. The van der Waals surface area contributed by atoms with E-state index >= 15 is 0 Å². The zero-order valence-corrected chi connectivity index (χ0v) is 8.58. The number of carboxylic acid groups (broad SMARTS) is 1. The van der Waals surface area contributed by atoms with Crippen molar-refractivity contribution in [3.63, 3.8) is 0 Å². The zero-order valence-electron chi connectivity index (χ0n) is 6.99. The Bertz CT molecular complexity index is 339. The Kier molecular flexibility index (Phi) is 2.68. The van der Waals surface area contributed by atoms with Crippen LogP contribution in [0.1, 0.15) is 12.5 Å². The van der Waals surface area contributed by atoms with Crippen molar-refractivity contribution in [1.82, 2.24) is 4.98 Å². The van der Waals surface area contributed by atoms with E-state index in [0.717, 1.165) is 0 Å². The molecule has 1 heterocycles. The van der Waals surface area contributed by atoms with Crippen LogP contribution in [0, 0.1) is 0 Å². The van der Waals surface area contributed by atoms with Crippen molar-refractivity contribution in [1.29, 1.82) is 0 Å². The third kappa shape index (κ3) is 1.87. The third-order valence-corrected chi connectivity index (χ3v) is 2.41. The Morgan fingerprint density at radius 2 is 2.38 bits per heavy atom. The van der Waals surface area contributed by atoms with Crippen LogP contribution < -0.4 is 5.73 Å². The lowest BCUT2D eigenvalue weighted by Crippen LogP contribution is -2.42. The summed E-state index contributed by atoms with van der Waals surface area (Å²) in [7, 11) is 0. The fourth-order valence-electron chi connectivity index (χ4n) is 0.912. The molecule has 5 heteroatoms. The van der Waals surface area contributed by atoms with E-state index in [2.05, 4.69) is 20.9 Å². The number of carbonyl (C=O) groups is 1. The molecule has 0 saturated heterocycles. The molecule has 4 nitrogen and oxygen atoms in total. The van der Waals surface area contributed by atoms with Gasteiger partial charge in [-0.2, -0.15) is 0 Å². The topological polar surface area (TPSA) is 76.2 Å². The minimum absolute atomic E-state index is 0.509. The summed E-state index contributed by atoms with van der Waals surface area (Å²) < 4.78 is 0.599. The van der Waals surface area contributed by atoms with Crippen LogP contribution in [0.3, 0.4) is 0 Å². The SMILES string of the molecule is C[C@@](N)(C(=O)O)c1ccncc1Br. The molecule has 0 spiro atoms. The van der Waals surface area contributed by atoms with Crippen LogP contribution in [0.4, 0.5) is 0 Å². The van der Waals surface area contributed by atoms with Gasteiger partial charge in [0.15, 0.2) is 0 Å². The summed E-state index contributed by atoms with van der Waals surface area (Å²) in [5.74, 6) is -1.07. The molecule has 3 N–H and O–H groups in total. The van der Waals surface area contributed by atoms with Gasteiger partial charge >= 0.3 is 5.97 Å². The number of nitrogens with two attached hydrogens (primary N) is 1. The lowest BCUT2D eigenvalue weighted by atomic mass is 9.95. The number of aliphatic carboxylic acids is 1. The van der Waals surface area contributed by atoms with Crippen molar-refractivity contribution in [3.8, 4) is 0 Å². The summed E-state index contributed by atoms with van der Waals surface area (Å²) in [6, 6.07) is 1.58. The average molecular weight is 245 g/mol. The van der Waals surface area contributed by atoms with Gasteiger partial charge in [-0.15, -0.1) is 0 Å². The van der Waals surface area contributed by atoms with Crippen LogP contribution in [-0.2, 0) is 10.3 Å². The molecule has 70 valence electrons. The van der Waals surface area contributed by atoms with E-state index in [1.54, 1.807) is 6.07 Å². The molecule has 0 aromatic carbocycles. The highest BCUT2D eigenvalue weighted by Crippen LogP contribution is 2.25. The number of hydrogen-bond donors (Lipinski definition) is 2. The molecule has 0 aliphatic carbocycles. The van der Waals surface area contributed by atoms with E-state index in [1.807, 2.05) is 0 Å². The van der Waals surface area contributed by atoms with Gasteiger partial charge in [0.25, 0.3) is 0 Å². The van der Waals surface area contributed by atoms with Gasteiger partial charge in [-0.1, -0.05) is 0 Å². The van der Waals surface area contributed by atoms with Crippen LogP contribution in [-0.4, -0.2) is 16.1 Å². The maximum absolute atomic E-state index is 10.8. The summed E-state index contributed by atoms with van der Waals surface area (Å²) >= 11 is 3.19. The highest BCUT2D eigenvalue weighted by Gasteiger charge is 2.31.